The minimum absolute atomic E-state index is 0.344. The average Bonchev–Trinajstić information content (AvgIpc) is 2.75. The van der Waals surface area contributed by atoms with Crippen molar-refractivity contribution in [2.24, 2.45) is 5.92 Å². The second-order valence-corrected chi connectivity index (χ2v) is 8.42. The zero-order valence-corrected chi connectivity index (χ0v) is 23.3. The van der Waals surface area contributed by atoms with Crippen LogP contribution in [-0.4, -0.2) is 22.2 Å². The zero-order valence-electron chi connectivity index (χ0n) is 21.8. The van der Waals surface area contributed by atoms with E-state index >= 15 is 0 Å². The molecule has 0 amide bonds. The third-order valence-electron chi connectivity index (χ3n) is 4.69. The first-order valence-corrected chi connectivity index (χ1v) is 12.9. The van der Waals surface area contributed by atoms with Crippen LogP contribution in [0.5, 0.6) is 0 Å². The monoisotopic (exact) mass is 491 g/mol. The van der Waals surface area contributed by atoms with Gasteiger partial charge in [-0.1, -0.05) is 97.0 Å². The number of carboxylic acids is 2. The standard InChI is InChI=1S/C18H36O2.C5H8O2.C3H7.O.Ti/c1-17(2)15-13-11-9-7-5-3-4-6-8-10-12-14-16-18(19)20;1-3-4(2)5(6)7;1-3-2;;/h17H,3-16H2,1-2H3,(H,19,20);3H,1-2H3,(H,6,7);3H,1-2H3;;/q;;-1;;+1. The van der Waals surface area contributed by atoms with E-state index in [1.807, 2.05) is 20.3 Å². The topological polar surface area (TPSA) is 91.7 Å². The van der Waals surface area contributed by atoms with Gasteiger partial charge in [-0.3, -0.25) is 4.79 Å². The molecule has 0 aliphatic heterocycles. The van der Waals surface area contributed by atoms with Gasteiger partial charge in [-0.25, -0.2) is 4.79 Å². The van der Waals surface area contributed by atoms with Gasteiger partial charge in [0, 0.05) is 12.0 Å². The number of carbonyl (C=O) groups is 2. The van der Waals surface area contributed by atoms with Gasteiger partial charge in [-0.15, -0.1) is 0 Å². The van der Waals surface area contributed by atoms with Gasteiger partial charge in [0.2, 0.25) is 0 Å². The van der Waals surface area contributed by atoms with Gasteiger partial charge in [0.05, 0.1) is 0 Å². The van der Waals surface area contributed by atoms with Gasteiger partial charge in [0.15, 0.2) is 0 Å². The van der Waals surface area contributed by atoms with E-state index in [0.29, 0.717) is 12.0 Å². The maximum atomic E-state index is 10.3. The summed E-state index contributed by atoms with van der Waals surface area (Å²) in [6.45, 7) is 11.9. The van der Waals surface area contributed by atoms with E-state index in [9.17, 15) is 9.59 Å². The minimum atomic E-state index is -0.845. The number of hydrogen-bond acceptors (Lipinski definition) is 3. The summed E-state index contributed by atoms with van der Waals surface area (Å²) in [6, 6.07) is 0. The fourth-order valence-corrected chi connectivity index (χ4v) is 2.72. The van der Waals surface area contributed by atoms with Crippen molar-refractivity contribution in [1.82, 2.24) is 0 Å². The molecule has 0 fully saturated rings. The van der Waals surface area contributed by atoms with Crippen LogP contribution in [0.4, 0.5) is 0 Å². The Kier molecular flexibility index (Phi) is 41.8. The van der Waals surface area contributed by atoms with Gasteiger partial charge in [0.1, 0.15) is 0 Å². The van der Waals surface area contributed by atoms with Crippen molar-refractivity contribution in [2.75, 3.05) is 0 Å². The van der Waals surface area contributed by atoms with Crippen molar-refractivity contribution in [3.8, 4) is 0 Å². The predicted octanol–water partition coefficient (Wildman–Crippen LogP) is 8.33. The first kappa shape index (κ1) is 38.5. The molecular weight excluding hydrogens is 440 g/mol. The number of hydrogen-bond donors (Lipinski definition) is 2. The fraction of sp³-hybridized carbons (Fsp3) is 0.808. The molecule has 0 heterocycles. The molecule has 189 valence electrons. The molecule has 5 nitrogen and oxygen atoms in total. The molecule has 0 aliphatic rings. The number of carboxylic acid groups (broad SMARTS) is 2. The van der Waals surface area contributed by atoms with E-state index < -0.39 is 11.9 Å². The van der Waals surface area contributed by atoms with Crippen LogP contribution in [-0.2, 0) is 33.3 Å². The summed E-state index contributed by atoms with van der Waals surface area (Å²) in [6.07, 6.45) is 20.9. The van der Waals surface area contributed by atoms with Crippen LogP contribution in [0.1, 0.15) is 131 Å². The van der Waals surface area contributed by atoms with E-state index in [-0.39, 0.29) is 0 Å². The van der Waals surface area contributed by atoms with Crippen molar-refractivity contribution >= 4 is 11.9 Å². The van der Waals surface area contributed by atoms with Crippen LogP contribution in [0.15, 0.2) is 11.6 Å². The molecule has 0 saturated carbocycles. The van der Waals surface area contributed by atoms with Crippen LogP contribution < -0.4 is 0 Å². The molecule has 0 rings (SSSR count). The molecule has 0 aliphatic carbocycles. The van der Waals surface area contributed by atoms with Crippen molar-refractivity contribution in [2.45, 2.75) is 131 Å². The molecule has 2 N–H and O–H groups in total. The third kappa shape index (κ3) is 47.1. The van der Waals surface area contributed by atoms with Gasteiger partial charge in [0.25, 0.3) is 0 Å². The van der Waals surface area contributed by atoms with Crippen molar-refractivity contribution in [3.05, 3.63) is 18.1 Å². The maximum absolute atomic E-state index is 10.3. The second-order valence-electron chi connectivity index (χ2n) is 8.42. The molecule has 0 atom stereocenters. The Morgan fingerprint density at radius 3 is 1.31 bits per heavy atom. The number of unbranched alkanes of at least 4 members (excludes halogenated alkanes) is 11. The molecule has 0 radical (unpaired) electrons. The molecule has 0 spiro atoms. The van der Waals surface area contributed by atoms with E-state index in [1.165, 1.54) is 70.6 Å². The number of allylic oxidation sites excluding steroid dienone is 1. The van der Waals surface area contributed by atoms with E-state index in [0.717, 1.165) is 39.2 Å². The first-order chi connectivity index (χ1) is 15.2. The molecular formula is C26H51O5Ti. The van der Waals surface area contributed by atoms with Gasteiger partial charge >= 0.3 is 35.7 Å². The number of rotatable bonds is 16. The van der Waals surface area contributed by atoms with Gasteiger partial charge in [-0.2, -0.15) is 13.8 Å². The average molecular weight is 492 g/mol. The van der Waals surface area contributed by atoms with Crippen molar-refractivity contribution in [1.29, 1.82) is 0 Å². The second kappa shape index (κ2) is 34.8. The van der Waals surface area contributed by atoms with E-state index in [2.05, 4.69) is 13.8 Å². The van der Waals surface area contributed by atoms with Crippen LogP contribution in [0.3, 0.4) is 0 Å². The quantitative estimate of drug-likeness (QED) is 0.0980. The predicted molar refractivity (Wildman–Crippen MR) is 131 cm³/mol. The molecule has 0 aromatic rings. The van der Waals surface area contributed by atoms with Crippen molar-refractivity contribution < 1.29 is 43.5 Å². The van der Waals surface area contributed by atoms with Crippen LogP contribution in [0.2, 0.25) is 0 Å². The summed E-state index contributed by atoms with van der Waals surface area (Å²) in [4.78, 5) is 20.2. The Morgan fingerprint density at radius 2 is 1.09 bits per heavy atom. The van der Waals surface area contributed by atoms with E-state index in [4.69, 9.17) is 13.5 Å². The zero-order chi connectivity index (χ0) is 25.6. The first-order valence-electron chi connectivity index (χ1n) is 12.2. The van der Waals surface area contributed by atoms with Crippen LogP contribution >= 0.6 is 0 Å². The Balaban J connectivity index is -0.000000270. The summed E-state index contributed by atoms with van der Waals surface area (Å²) in [7, 11) is 0. The summed E-state index contributed by atoms with van der Waals surface area (Å²) in [5.74, 6) is -0.633. The normalized spacial score (nSPS) is 10.2. The molecule has 0 aromatic carbocycles. The SMILES string of the molecule is CC(C)CCCCCCCCCCCCCCC(=O)O.CC=C(C)C(=O)O.C[CH-]C.[O]=[Ti+]. The van der Waals surface area contributed by atoms with Gasteiger partial charge in [-0.05, 0) is 26.2 Å². The summed E-state index contributed by atoms with van der Waals surface area (Å²) in [5.41, 5.74) is 0.389. The van der Waals surface area contributed by atoms with Crippen LogP contribution in [0, 0.1) is 12.3 Å². The van der Waals surface area contributed by atoms with Crippen molar-refractivity contribution in [3.63, 3.8) is 0 Å². The van der Waals surface area contributed by atoms with Crippen LogP contribution in [0.25, 0.3) is 0 Å². The molecule has 0 unspecified atom stereocenters. The molecule has 0 aromatic heterocycles. The summed E-state index contributed by atoms with van der Waals surface area (Å²) in [5, 5.41) is 16.6. The van der Waals surface area contributed by atoms with Gasteiger partial charge < -0.3 is 16.6 Å². The van der Waals surface area contributed by atoms with E-state index in [1.54, 1.807) is 19.9 Å². The third-order valence-corrected chi connectivity index (χ3v) is 4.69. The number of aliphatic carboxylic acids is 2. The Hall–Kier alpha value is -0.806. The Morgan fingerprint density at radius 1 is 0.781 bits per heavy atom. The molecule has 0 bridgehead atoms. The Bertz CT molecular complexity index is 422. The fourth-order valence-electron chi connectivity index (χ4n) is 2.72. The summed E-state index contributed by atoms with van der Waals surface area (Å²) >= 11 is 0.750. The molecule has 6 heteroatoms. The summed E-state index contributed by atoms with van der Waals surface area (Å²) < 4.78 is 8.25. The Labute approximate surface area is 210 Å². The molecule has 32 heavy (non-hydrogen) atoms. The molecule has 0 saturated heterocycles.